The lowest BCUT2D eigenvalue weighted by molar-refractivity contribution is 0.113. The van der Waals surface area contributed by atoms with E-state index in [1.165, 1.54) is 0 Å². The Kier molecular flexibility index (Phi) is 5.51. The lowest BCUT2D eigenvalue weighted by Crippen LogP contribution is -2.50. The smallest absolute Gasteiger partial charge is 0.229 e. The highest BCUT2D eigenvalue weighted by atomic mass is 16.5. The summed E-state index contributed by atoms with van der Waals surface area (Å²) in [6, 6.07) is 0.471. The second kappa shape index (κ2) is 7.15. The van der Waals surface area contributed by atoms with E-state index in [0.717, 1.165) is 50.6 Å². The van der Waals surface area contributed by atoms with E-state index in [4.69, 9.17) is 10.3 Å². The van der Waals surface area contributed by atoms with Crippen molar-refractivity contribution in [3.05, 3.63) is 11.7 Å². The highest BCUT2D eigenvalue weighted by Crippen LogP contribution is 2.19. The third-order valence-electron chi connectivity index (χ3n) is 4.15. The second-order valence-electron chi connectivity index (χ2n) is 5.98. The molecule has 1 aromatic rings. The fourth-order valence-corrected chi connectivity index (χ4v) is 2.63. The molecule has 20 heavy (non-hydrogen) atoms. The maximum Gasteiger partial charge on any atom is 0.229 e. The quantitative estimate of drug-likeness (QED) is 0.827. The largest absolute Gasteiger partial charge is 0.339 e. The lowest BCUT2D eigenvalue weighted by Gasteiger charge is -2.37. The summed E-state index contributed by atoms with van der Waals surface area (Å²) in [5.41, 5.74) is 5.54. The molecule has 0 bridgehead atoms. The second-order valence-corrected chi connectivity index (χ2v) is 5.98. The van der Waals surface area contributed by atoms with Crippen LogP contribution in [0.25, 0.3) is 0 Å². The molecule has 1 aromatic heterocycles. The minimum Gasteiger partial charge on any atom is -0.339 e. The third-order valence-corrected chi connectivity index (χ3v) is 4.15. The molecule has 1 aliphatic heterocycles. The van der Waals surface area contributed by atoms with E-state index in [1.54, 1.807) is 0 Å². The molecule has 0 aromatic carbocycles. The Bertz CT molecular complexity index is 408. The van der Waals surface area contributed by atoms with Crippen LogP contribution >= 0.6 is 0 Å². The number of aromatic nitrogens is 2. The van der Waals surface area contributed by atoms with Crippen LogP contribution in [0.3, 0.4) is 0 Å². The van der Waals surface area contributed by atoms with Gasteiger partial charge in [0.05, 0.1) is 0 Å². The highest BCUT2D eigenvalue weighted by molar-refractivity contribution is 4.96. The molecule has 1 fully saturated rings. The minimum atomic E-state index is 0.298. The molecule has 2 atom stereocenters. The van der Waals surface area contributed by atoms with E-state index in [9.17, 15) is 0 Å². The van der Waals surface area contributed by atoms with Crippen molar-refractivity contribution in [1.29, 1.82) is 0 Å². The van der Waals surface area contributed by atoms with Crippen LogP contribution in [0.15, 0.2) is 4.52 Å². The van der Waals surface area contributed by atoms with Gasteiger partial charge in [0.25, 0.3) is 0 Å². The zero-order valence-electron chi connectivity index (χ0n) is 12.9. The van der Waals surface area contributed by atoms with E-state index >= 15 is 0 Å². The van der Waals surface area contributed by atoms with Crippen molar-refractivity contribution in [1.82, 2.24) is 19.9 Å². The monoisotopic (exact) mass is 281 g/mol. The first-order chi connectivity index (χ1) is 9.60. The Labute approximate surface area is 121 Å². The molecule has 0 saturated carbocycles. The van der Waals surface area contributed by atoms with Crippen LogP contribution in [0, 0.1) is 0 Å². The van der Waals surface area contributed by atoms with E-state index in [2.05, 4.69) is 41.0 Å². The van der Waals surface area contributed by atoms with Crippen molar-refractivity contribution in [2.75, 3.05) is 40.3 Å². The maximum absolute atomic E-state index is 5.54. The van der Waals surface area contributed by atoms with Gasteiger partial charge < -0.3 is 20.1 Å². The van der Waals surface area contributed by atoms with Gasteiger partial charge in [0.15, 0.2) is 5.82 Å². The van der Waals surface area contributed by atoms with E-state index in [-0.39, 0.29) is 0 Å². The number of nitrogens with two attached hydrogens (primary N) is 1. The van der Waals surface area contributed by atoms with Crippen molar-refractivity contribution in [2.24, 2.45) is 5.73 Å². The summed E-state index contributed by atoms with van der Waals surface area (Å²) in [4.78, 5) is 9.29. The summed E-state index contributed by atoms with van der Waals surface area (Å²) in [5.74, 6) is 1.87. The first-order valence-electron chi connectivity index (χ1n) is 7.51. The maximum atomic E-state index is 5.54. The summed E-state index contributed by atoms with van der Waals surface area (Å²) in [7, 11) is 4.33. The van der Waals surface area contributed by atoms with Crippen LogP contribution in [0.1, 0.15) is 37.4 Å². The van der Waals surface area contributed by atoms with Gasteiger partial charge in [0.2, 0.25) is 5.89 Å². The molecular formula is C14H27N5O. The van der Waals surface area contributed by atoms with Gasteiger partial charge in [0.1, 0.15) is 0 Å². The summed E-state index contributed by atoms with van der Waals surface area (Å²) in [6.45, 7) is 6.11. The average Bonchev–Trinajstić information content (AvgIpc) is 2.89. The number of likely N-dealkylation sites (N-methyl/N-ethyl adjacent to an activating group) is 2. The van der Waals surface area contributed by atoms with Crippen LogP contribution in [-0.2, 0) is 6.42 Å². The van der Waals surface area contributed by atoms with Crippen molar-refractivity contribution >= 4 is 0 Å². The highest BCUT2D eigenvalue weighted by Gasteiger charge is 2.24. The number of nitrogens with zero attached hydrogens (tertiary/aromatic N) is 4. The molecule has 1 aliphatic rings. The predicted molar refractivity (Wildman–Crippen MR) is 78.6 cm³/mol. The lowest BCUT2D eigenvalue weighted by atomic mass is 10.1. The Balaban J connectivity index is 1.91. The van der Waals surface area contributed by atoms with Crippen LogP contribution in [0.5, 0.6) is 0 Å². The number of piperazine rings is 1. The number of rotatable bonds is 6. The fraction of sp³-hybridized carbons (Fsp3) is 0.857. The Morgan fingerprint density at radius 1 is 1.40 bits per heavy atom. The average molecular weight is 281 g/mol. The van der Waals surface area contributed by atoms with Gasteiger partial charge in [-0.25, -0.2) is 0 Å². The first kappa shape index (κ1) is 15.4. The van der Waals surface area contributed by atoms with Gasteiger partial charge in [-0.2, -0.15) is 4.98 Å². The molecule has 6 nitrogen and oxygen atoms in total. The summed E-state index contributed by atoms with van der Waals surface area (Å²) < 4.78 is 5.39. The minimum absolute atomic E-state index is 0.298. The molecular weight excluding hydrogens is 254 g/mol. The van der Waals surface area contributed by atoms with Crippen molar-refractivity contribution in [3.8, 4) is 0 Å². The predicted octanol–water partition coefficient (Wildman–Crippen LogP) is 0.700. The van der Waals surface area contributed by atoms with Crippen molar-refractivity contribution in [3.63, 3.8) is 0 Å². The van der Waals surface area contributed by atoms with E-state index < -0.39 is 0 Å². The molecule has 6 heteroatoms. The number of hydrogen-bond donors (Lipinski definition) is 1. The van der Waals surface area contributed by atoms with Gasteiger partial charge in [-0.05, 0) is 33.5 Å². The molecule has 2 rings (SSSR count). The molecule has 0 aliphatic carbocycles. The van der Waals surface area contributed by atoms with Crippen LogP contribution in [-0.4, -0.2) is 66.3 Å². The van der Waals surface area contributed by atoms with Crippen LogP contribution < -0.4 is 5.73 Å². The summed E-state index contributed by atoms with van der Waals surface area (Å²) >= 11 is 0. The van der Waals surface area contributed by atoms with E-state index in [1.807, 2.05) is 0 Å². The molecule has 1 saturated heterocycles. The molecule has 0 radical (unpaired) electrons. The zero-order chi connectivity index (χ0) is 14.5. The molecule has 2 unspecified atom stereocenters. The summed E-state index contributed by atoms with van der Waals surface area (Å²) in [5, 5.41) is 4.14. The Morgan fingerprint density at radius 3 is 2.95 bits per heavy atom. The third kappa shape index (κ3) is 4.01. The van der Waals surface area contributed by atoms with Crippen LogP contribution in [0.4, 0.5) is 0 Å². The zero-order valence-corrected chi connectivity index (χ0v) is 12.9. The topological polar surface area (TPSA) is 71.4 Å². The molecule has 2 heterocycles. The molecule has 114 valence electrons. The van der Waals surface area contributed by atoms with Crippen molar-refractivity contribution < 1.29 is 4.52 Å². The van der Waals surface area contributed by atoms with Crippen molar-refractivity contribution in [2.45, 2.75) is 38.1 Å². The fourth-order valence-electron chi connectivity index (χ4n) is 2.63. The first-order valence-corrected chi connectivity index (χ1v) is 7.51. The molecule has 0 amide bonds. The van der Waals surface area contributed by atoms with Gasteiger partial charge in [-0.15, -0.1) is 0 Å². The molecule has 2 N–H and O–H groups in total. The van der Waals surface area contributed by atoms with Gasteiger partial charge in [-0.1, -0.05) is 12.1 Å². The number of hydrogen-bond acceptors (Lipinski definition) is 6. The summed E-state index contributed by atoms with van der Waals surface area (Å²) in [6.07, 6.45) is 2.85. The SMILES string of the molecule is CC(CCCN)c1nc(CC2CN(C)CCN2C)no1. The normalized spacial score (nSPS) is 23.1. The Morgan fingerprint density at radius 2 is 2.20 bits per heavy atom. The van der Waals surface area contributed by atoms with E-state index in [0.29, 0.717) is 18.5 Å². The Hall–Kier alpha value is -0.980. The standard InChI is InChI=1S/C14H27N5O/c1-11(5-4-6-15)14-16-13(17-20-14)9-12-10-18(2)7-8-19(12)3/h11-12H,4-10,15H2,1-3H3. The van der Waals surface area contributed by atoms with Gasteiger partial charge in [0, 0.05) is 38.0 Å². The van der Waals surface area contributed by atoms with Gasteiger partial charge >= 0.3 is 0 Å². The van der Waals surface area contributed by atoms with Gasteiger partial charge in [-0.3, -0.25) is 0 Å². The molecule has 0 spiro atoms. The van der Waals surface area contributed by atoms with Crippen LogP contribution in [0.2, 0.25) is 0 Å².